The van der Waals surface area contributed by atoms with Crippen LogP contribution in [-0.2, 0) is 19.7 Å². The number of benzene rings is 3. The van der Waals surface area contributed by atoms with Crippen LogP contribution >= 0.6 is 0 Å². The van der Waals surface area contributed by atoms with E-state index >= 15 is 0 Å². The molecule has 0 atom stereocenters. The molecule has 3 aromatic rings. The van der Waals surface area contributed by atoms with Gasteiger partial charge in [0.25, 0.3) is 17.6 Å². The van der Waals surface area contributed by atoms with Crippen LogP contribution in [0.15, 0.2) is 48.5 Å². The zero-order valence-corrected chi connectivity index (χ0v) is 26.2. The Morgan fingerprint density at radius 1 is 0.978 bits per heavy atom. The number of fused-ring (bicyclic) bond motifs is 1. The lowest BCUT2D eigenvalue weighted by Gasteiger charge is -2.29. The number of anilines is 1. The summed E-state index contributed by atoms with van der Waals surface area (Å²) in [6, 6.07) is 14.1. The van der Waals surface area contributed by atoms with Gasteiger partial charge in [0.15, 0.2) is 5.75 Å². The zero-order valence-electron chi connectivity index (χ0n) is 26.2. The van der Waals surface area contributed by atoms with E-state index in [0.717, 1.165) is 30.6 Å². The van der Waals surface area contributed by atoms with E-state index in [9.17, 15) is 19.2 Å². The molecule has 0 radical (unpaired) electrons. The number of amides is 3. The number of morpholine rings is 1. The number of nitrogens with one attached hydrogen (secondary N) is 2. The van der Waals surface area contributed by atoms with Crippen LogP contribution in [0.4, 0.5) is 5.69 Å². The van der Waals surface area contributed by atoms with Crippen molar-refractivity contribution in [2.45, 2.75) is 26.2 Å². The Kier molecular flexibility index (Phi) is 9.69. The summed E-state index contributed by atoms with van der Waals surface area (Å²) < 4.78 is 17.2. The molecule has 3 amide bonds. The minimum absolute atomic E-state index is 0.0814. The SMILES string of the molecule is COc1c(NC(=O)C(=O)c2ccc(OCCN3CCOCC3)c3ccccc23)cc(C(C)(C)C)cc1C(=O)N1CCNC(=O)C1. The molecule has 5 rings (SSSR count). The summed E-state index contributed by atoms with van der Waals surface area (Å²) >= 11 is 0. The van der Waals surface area contributed by atoms with E-state index in [0.29, 0.717) is 44.0 Å². The zero-order chi connectivity index (χ0) is 32.1. The molecule has 2 aliphatic heterocycles. The first kappa shape index (κ1) is 31.9. The Bertz CT molecular complexity index is 1610. The Balaban J connectivity index is 1.41. The molecule has 2 fully saturated rings. The molecular weight excluding hydrogens is 576 g/mol. The summed E-state index contributed by atoms with van der Waals surface area (Å²) in [7, 11) is 1.40. The molecule has 2 aliphatic rings. The molecule has 0 aromatic heterocycles. The van der Waals surface area contributed by atoms with E-state index in [1.54, 1.807) is 30.3 Å². The summed E-state index contributed by atoms with van der Waals surface area (Å²) in [6.45, 7) is 10.9. The van der Waals surface area contributed by atoms with Gasteiger partial charge >= 0.3 is 0 Å². The lowest BCUT2D eigenvalue weighted by atomic mass is 9.85. The van der Waals surface area contributed by atoms with Crippen LogP contribution in [0.25, 0.3) is 10.8 Å². The Labute approximate surface area is 262 Å². The number of carbonyl (C=O) groups is 4. The third-order valence-electron chi connectivity index (χ3n) is 8.07. The van der Waals surface area contributed by atoms with Gasteiger partial charge in [-0.3, -0.25) is 24.1 Å². The van der Waals surface area contributed by atoms with Crippen molar-refractivity contribution in [2.24, 2.45) is 0 Å². The highest BCUT2D eigenvalue weighted by molar-refractivity contribution is 6.48. The molecule has 2 saturated heterocycles. The second-order valence-electron chi connectivity index (χ2n) is 12.2. The van der Waals surface area contributed by atoms with Gasteiger partial charge in [-0.05, 0) is 40.6 Å². The topological polar surface area (TPSA) is 127 Å². The number of ether oxygens (including phenoxy) is 3. The predicted octanol–water partition coefficient (Wildman–Crippen LogP) is 3.25. The molecule has 0 spiro atoms. The summed E-state index contributed by atoms with van der Waals surface area (Å²) in [5.41, 5.74) is 0.967. The fraction of sp³-hybridized carbons (Fsp3) is 0.412. The Morgan fingerprint density at radius 2 is 1.71 bits per heavy atom. The third-order valence-corrected chi connectivity index (χ3v) is 8.07. The fourth-order valence-corrected chi connectivity index (χ4v) is 5.52. The molecule has 11 heteroatoms. The second-order valence-corrected chi connectivity index (χ2v) is 12.2. The number of hydrogen-bond acceptors (Lipinski definition) is 8. The van der Waals surface area contributed by atoms with Gasteiger partial charge in [-0.25, -0.2) is 0 Å². The Hall–Kier alpha value is -4.48. The molecule has 45 heavy (non-hydrogen) atoms. The molecule has 0 unspecified atom stereocenters. The maximum absolute atomic E-state index is 13.6. The first-order valence-electron chi connectivity index (χ1n) is 15.2. The van der Waals surface area contributed by atoms with Gasteiger partial charge in [0.1, 0.15) is 12.4 Å². The fourth-order valence-electron chi connectivity index (χ4n) is 5.52. The first-order valence-corrected chi connectivity index (χ1v) is 15.2. The maximum Gasteiger partial charge on any atom is 0.296 e. The van der Waals surface area contributed by atoms with Crippen LogP contribution in [0.1, 0.15) is 47.1 Å². The number of carbonyl (C=O) groups excluding carboxylic acids is 4. The average molecular weight is 617 g/mol. The molecule has 11 nitrogen and oxygen atoms in total. The number of piperazine rings is 1. The van der Waals surface area contributed by atoms with Gasteiger partial charge < -0.3 is 29.7 Å². The number of rotatable bonds is 9. The monoisotopic (exact) mass is 616 g/mol. The normalized spacial score (nSPS) is 15.8. The number of hydrogen-bond donors (Lipinski definition) is 2. The number of methoxy groups -OCH3 is 1. The van der Waals surface area contributed by atoms with Crippen molar-refractivity contribution in [3.8, 4) is 11.5 Å². The number of nitrogens with zero attached hydrogens (tertiary/aromatic N) is 2. The lowest BCUT2D eigenvalue weighted by molar-refractivity contribution is -0.123. The highest BCUT2D eigenvalue weighted by Gasteiger charge is 2.30. The molecule has 2 heterocycles. The molecule has 2 N–H and O–H groups in total. The van der Waals surface area contributed by atoms with E-state index in [1.807, 2.05) is 39.0 Å². The van der Waals surface area contributed by atoms with Gasteiger partial charge in [-0.2, -0.15) is 0 Å². The third kappa shape index (κ3) is 7.26. The second kappa shape index (κ2) is 13.7. The van der Waals surface area contributed by atoms with E-state index < -0.39 is 23.0 Å². The highest BCUT2D eigenvalue weighted by Crippen LogP contribution is 2.37. The van der Waals surface area contributed by atoms with Gasteiger partial charge in [0.2, 0.25) is 5.91 Å². The molecular formula is C34H40N4O7. The van der Waals surface area contributed by atoms with Crippen molar-refractivity contribution >= 4 is 40.0 Å². The number of Topliss-reactive ketones (excluding diaryl/α,β-unsaturated/α-hetero) is 1. The van der Waals surface area contributed by atoms with E-state index in [1.165, 1.54) is 12.0 Å². The summed E-state index contributed by atoms with van der Waals surface area (Å²) in [6.07, 6.45) is 0. The quantitative estimate of drug-likeness (QED) is 0.277. The van der Waals surface area contributed by atoms with Crippen molar-refractivity contribution in [1.29, 1.82) is 0 Å². The average Bonchev–Trinajstić information content (AvgIpc) is 3.03. The van der Waals surface area contributed by atoms with Crippen molar-refractivity contribution in [3.63, 3.8) is 0 Å². The van der Waals surface area contributed by atoms with Crippen molar-refractivity contribution in [2.75, 3.05) is 71.5 Å². The minimum Gasteiger partial charge on any atom is -0.494 e. The van der Waals surface area contributed by atoms with Crippen LogP contribution in [-0.4, -0.2) is 99.5 Å². The predicted molar refractivity (Wildman–Crippen MR) is 170 cm³/mol. The van der Waals surface area contributed by atoms with E-state index in [4.69, 9.17) is 14.2 Å². The minimum atomic E-state index is -0.874. The van der Waals surface area contributed by atoms with E-state index in [2.05, 4.69) is 15.5 Å². The molecule has 0 aliphatic carbocycles. The van der Waals surface area contributed by atoms with Crippen LogP contribution < -0.4 is 20.1 Å². The van der Waals surface area contributed by atoms with Crippen LogP contribution in [0, 0.1) is 0 Å². The van der Waals surface area contributed by atoms with Gasteiger partial charge in [0, 0.05) is 43.7 Å². The molecule has 3 aromatic carbocycles. The smallest absolute Gasteiger partial charge is 0.296 e. The highest BCUT2D eigenvalue weighted by atomic mass is 16.5. The summed E-state index contributed by atoms with van der Waals surface area (Å²) in [4.78, 5) is 56.5. The van der Waals surface area contributed by atoms with Crippen molar-refractivity contribution < 1.29 is 33.4 Å². The number of ketones is 1. The van der Waals surface area contributed by atoms with Gasteiger partial charge in [-0.1, -0.05) is 45.0 Å². The largest absolute Gasteiger partial charge is 0.494 e. The molecule has 0 saturated carbocycles. The molecule has 0 bridgehead atoms. The Morgan fingerprint density at radius 3 is 2.40 bits per heavy atom. The van der Waals surface area contributed by atoms with Gasteiger partial charge in [0.05, 0.1) is 38.1 Å². The van der Waals surface area contributed by atoms with E-state index in [-0.39, 0.29) is 35.0 Å². The van der Waals surface area contributed by atoms with Crippen molar-refractivity contribution in [1.82, 2.24) is 15.1 Å². The molecule has 238 valence electrons. The van der Waals surface area contributed by atoms with Crippen LogP contribution in [0.3, 0.4) is 0 Å². The summed E-state index contributed by atoms with van der Waals surface area (Å²) in [5.74, 6) is -1.51. The van der Waals surface area contributed by atoms with Crippen LogP contribution in [0.2, 0.25) is 0 Å². The summed E-state index contributed by atoms with van der Waals surface area (Å²) in [5, 5.41) is 6.75. The maximum atomic E-state index is 13.6. The van der Waals surface area contributed by atoms with Gasteiger partial charge in [-0.15, -0.1) is 0 Å². The first-order chi connectivity index (χ1) is 21.6. The lowest BCUT2D eigenvalue weighted by Crippen LogP contribution is -2.50. The van der Waals surface area contributed by atoms with Crippen LogP contribution in [0.5, 0.6) is 11.5 Å². The van der Waals surface area contributed by atoms with Crippen molar-refractivity contribution in [3.05, 3.63) is 65.2 Å². The standard InChI is InChI=1S/C34H40N4O7/c1-34(2,3)22-19-26(33(42)38-12-11-35-29(39)21-38)31(43-4)27(20-22)36-32(41)30(40)25-9-10-28(24-8-6-5-7-23(24)25)45-18-15-37-13-16-44-17-14-37/h5-10,19-20H,11-18,21H2,1-4H3,(H,35,39)(H,36,41).